The SMILES string of the molecule is CCN(CCC(=O)OC)C(=O)c1cnc2ccccc2n1. The van der Waals surface area contributed by atoms with Crippen molar-refractivity contribution < 1.29 is 14.3 Å². The maximum atomic E-state index is 12.4. The van der Waals surface area contributed by atoms with Crippen LogP contribution in [0.5, 0.6) is 0 Å². The van der Waals surface area contributed by atoms with Gasteiger partial charge in [-0.15, -0.1) is 0 Å². The molecular weight excluding hydrogens is 270 g/mol. The van der Waals surface area contributed by atoms with Gasteiger partial charge in [-0.25, -0.2) is 4.98 Å². The number of hydrogen-bond donors (Lipinski definition) is 0. The number of benzene rings is 1. The van der Waals surface area contributed by atoms with Gasteiger partial charge in [-0.2, -0.15) is 0 Å². The van der Waals surface area contributed by atoms with E-state index in [0.717, 1.165) is 5.52 Å². The van der Waals surface area contributed by atoms with Gasteiger partial charge in [0.2, 0.25) is 0 Å². The Morgan fingerprint density at radius 2 is 1.95 bits per heavy atom. The molecule has 6 heteroatoms. The molecule has 0 aliphatic heterocycles. The minimum atomic E-state index is -0.342. The molecule has 0 unspecified atom stereocenters. The quantitative estimate of drug-likeness (QED) is 0.782. The lowest BCUT2D eigenvalue weighted by molar-refractivity contribution is -0.140. The van der Waals surface area contributed by atoms with Crippen LogP contribution in [0.3, 0.4) is 0 Å². The molecule has 0 aliphatic rings. The van der Waals surface area contributed by atoms with Crippen molar-refractivity contribution in [3.05, 3.63) is 36.2 Å². The molecule has 1 amide bonds. The monoisotopic (exact) mass is 287 g/mol. The normalized spacial score (nSPS) is 10.4. The molecule has 0 atom stereocenters. The molecule has 110 valence electrons. The number of amides is 1. The summed E-state index contributed by atoms with van der Waals surface area (Å²) in [5, 5.41) is 0. The maximum Gasteiger partial charge on any atom is 0.307 e. The van der Waals surface area contributed by atoms with E-state index in [9.17, 15) is 9.59 Å². The lowest BCUT2D eigenvalue weighted by Gasteiger charge is -2.19. The van der Waals surface area contributed by atoms with Gasteiger partial charge in [-0.05, 0) is 19.1 Å². The minimum Gasteiger partial charge on any atom is -0.469 e. The van der Waals surface area contributed by atoms with Crippen molar-refractivity contribution in [2.24, 2.45) is 0 Å². The Bertz CT molecular complexity index is 657. The summed E-state index contributed by atoms with van der Waals surface area (Å²) in [6.07, 6.45) is 1.63. The zero-order chi connectivity index (χ0) is 15.2. The van der Waals surface area contributed by atoms with Crippen LogP contribution in [0, 0.1) is 0 Å². The predicted octanol–water partition coefficient (Wildman–Crippen LogP) is 1.65. The number of carbonyl (C=O) groups excluding carboxylic acids is 2. The number of nitrogens with zero attached hydrogens (tertiary/aromatic N) is 3. The summed E-state index contributed by atoms with van der Waals surface area (Å²) in [7, 11) is 1.33. The third-order valence-electron chi connectivity index (χ3n) is 3.15. The smallest absolute Gasteiger partial charge is 0.307 e. The Hall–Kier alpha value is -2.50. The fourth-order valence-corrected chi connectivity index (χ4v) is 1.95. The zero-order valence-electron chi connectivity index (χ0n) is 12.1. The van der Waals surface area contributed by atoms with Crippen LogP contribution >= 0.6 is 0 Å². The number of rotatable bonds is 5. The summed E-state index contributed by atoms with van der Waals surface area (Å²) in [5.41, 5.74) is 1.69. The van der Waals surface area contributed by atoms with Gasteiger partial charge in [0, 0.05) is 13.1 Å². The third-order valence-corrected chi connectivity index (χ3v) is 3.15. The van der Waals surface area contributed by atoms with E-state index < -0.39 is 0 Å². The van der Waals surface area contributed by atoms with Crippen LogP contribution < -0.4 is 0 Å². The lowest BCUT2D eigenvalue weighted by atomic mass is 10.2. The van der Waals surface area contributed by atoms with Crippen LogP contribution in [0.4, 0.5) is 0 Å². The van der Waals surface area contributed by atoms with Crippen LogP contribution in [-0.4, -0.2) is 46.9 Å². The Kier molecular flexibility index (Phi) is 4.81. The molecule has 1 heterocycles. The second-order valence-electron chi connectivity index (χ2n) is 4.45. The van der Waals surface area contributed by atoms with Crippen molar-refractivity contribution in [2.75, 3.05) is 20.2 Å². The Morgan fingerprint density at radius 1 is 1.24 bits per heavy atom. The predicted molar refractivity (Wildman–Crippen MR) is 77.7 cm³/mol. The van der Waals surface area contributed by atoms with Gasteiger partial charge >= 0.3 is 5.97 Å². The van der Waals surface area contributed by atoms with Gasteiger partial charge in [0.25, 0.3) is 5.91 Å². The number of fused-ring (bicyclic) bond motifs is 1. The Morgan fingerprint density at radius 3 is 2.62 bits per heavy atom. The number of aromatic nitrogens is 2. The number of esters is 1. The average molecular weight is 287 g/mol. The standard InChI is InChI=1S/C15H17N3O3/c1-3-18(9-8-14(19)21-2)15(20)13-10-16-11-6-4-5-7-12(11)17-13/h4-7,10H,3,8-9H2,1-2H3. The summed E-state index contributed by atoms with van der Waals surface area (Å²) in [5.74, 6) is -0.578. The van der Waals surface area contributed by atoms with Gasteiger partial charge in [-0.1, -0.05) is 12.1 Å². The van der Waals surface area contributed by atoms with Crippen LogP contribution in [0.25, 0.3) is 11.0 Å². The minimum absolute atomic E-state index is 0.164. The molecule has 0 aliphatic carbocycles. The molecule has 2 aromatic rings. The van der Waals surface area contributed by atoms with Crippen molar-refractivity contribution in [3.8, 4) is 0 Å². The highest BCUT2D eigenvalue weighted by atomic mass is 16.5. The first-order chi connectivity index (χ1) is 10.2. The van der Waals surface area contributed by atoms with Gasteiger partial charge in [-0.3, -0.25) is 14.6 Å². The number of methoxy groups -OCH3 is 1. The molecule has 0 fully saturated rings. The van der Waals surface area contributed by atoms with Crippen LogP contribution in [-0.2, 0) is 9.53 Å². The largest absolute Gasteiger partial charge is 0.469 e. The average Bonchev–Trinajstić information content (AvgIpc) is 2.54. The molecule has 6 nitrogen and oxygen atoms in total. The van der Waals surface area contributed by atoms with Crippen molar-refractivity contribution in [1.82, 2.24) is 14.9 Å². The highest BCUT2D eigenvalue weighted by Crippen LogP contribution is 2.10. The van der Waals surface area contributed by atoms with Crippen molar-refractivity contribution in [2.45, 2.75) is 13.3 Å². The number of carbonyl (C=O) groups is 2. The second kappa shape index (κ2) is 6.78. The molecule has 0 saturated carbocycles. The van der Waals surface area contributed by atoms with Gasteiger partial charge in [0.15, 0.2) is 0 Å². The number of hydrogen-bond acceptors (Lipinski definition) is 5. The maximum absolute atomic E-state index is 12.4. The topological polar surface area (TPSA) is 72.4 Å². The zero-order valence-corrected chi connectivity index (χ0v) is 12.1. The van der Waals surface area contributed by atoms with E-state index in [0.29, 0.717) is 18.6 Å². The first-order valence-corrected chi connectivity index (χ1v) is 6.73. The van der Waals surface area contributed by atoms with E-state index >= 15 is 0 Å². The third kappa shape index (κ3) is 3.53. The number of ether oxygens (including phenoxy) is 1. The Balaban J connectivity index is 2.16. The lowest BCUT2D eigenvalue weighted by Crippen LogP contribution is -2.33. The molecule has 0 bridgehead atoms. The highest BCUT2D eigenvalue weighted by molar-refractivity contribution is 5.94. The summed E-state index contributed by atoms with van der Waals surface area (Å²) in [6.45, 7) is 2.64. The molecule has 0 saturated heterocycles. The van der Waals surface area contributed by atoms with Gasteiger partial charge in [0.05, 0.1) is 30.8 Å². The summed E-state index contributed by atoms with van der Waals surface area (Å²) in [4.78, 5) is 33.7. The van der Waals surface area contributed by atoms with Crippen LogP contribution in [0.1, 0.15) is 23.8 Å². The van der Waals surface area contributed by atoms with E-state index in [4.69, 9.17) is 0 Å². The molecule has 2 rings (SSSR count). The molecule has 0 radical (unpaired) electrons. The fraction of sp³-hybridized carbons (Fsp3) is 0.333. The highest BCUT2D eigenvalue weighted by Gasteiger charge is 2.17. The molecule has 0 N–H and O–H groups in total. The van der Waals surface area contributed by atoms with E-state index in [1.807, 2.05) is 31.2 Å². The molecule has 1 aromatic heterocycles. The van der Waals surface area contributed by atoms with Crippen LogP contribution in [0.2, 0.25) is 0 Å². The summed E-state index contributed by atoms with van der Waals surface area (Å²) in [6, 6.07) is 7.36. The first-order valence-electron chi connectivity index (χ1n) is 6.73. The molecular formula is C15H17N3O3. The second-order valence-corrected chi connectivity index (χ2v) is 4.45. The first kappa shape index (κ1) is 14.9. The van der Waals surface area contributed by atoms with Gasteiger partial charge in [0.1, 0.15) is 5.69 Å². The fourth-order valence-electron chi connectivity index (χ4n) is 1.95. The molecule has 1 aromatic carbocycles. The van der Waals surface area contributed by atoms with Gasteiger partial charge < -0.3 is 9.64 Å². The van der Waals surface area contributed by atoms with E-state index in [1.54, 1.807) is 4.90 Å². The van der Waals surface area contributed by atoms with Crippen molar-refractivity contribution >= 4 is 22.9 Å². The van der Waals surface area contributed by atoms with Crippen molar-refractivity contribution in [3.63, 3.8) is 0 Å². The van der Waals surface area contributed by atoms with E-state index in [2.05, 4.69) is 14.7 Å². The molecule has 21 heavy (non-hydrogen) atoms. The summed E-state index contributed by atoms with van der Waals surface area (Å²) >= 11 is 0. The number of para-hydroxylation sites is 2. The summed E-state index contributed by atoms with van der Waals surface area (Å²) < 4.78 is 4.58. The van der Waals surface area contributed by atoms with E-state index in [-0.39, 0.29) is 24.0 Å². The Labute approximate surface area is 122 Å². The van der Waals surface area contributed by atoms with E-state index in [1.165, 1.54) is 13.3 Å². The van der Waals surface area contributed by atoms with Crippen molar-refractivity contribution in [1.29, 1.82) is 0 Å². The van der Waals surface area contributed by atoms with Crippen LogP contribution in [0.15, 0.2) is 30.5 Å². The molecule has 0 spiro atoms.